The van der Waals surface area contributed by atoms with E-state index in [1.807, 2.05) is 30.3 Å². The van der Waals surface area contributed by atoms with Crippen LogP contribution in [0.25, 0.3) is 53.9 Å². The number of hydrazine groups is 2. The number of carbonyl (C=O) groups excluding carboxylic acids is 13. The second-order valence-electron chi connectivity index (χ2n) is 24.8. The van der Waals surface area contributed by atoms with Gasteiger partial charge in [0.15, 0.2) is 18.9 Å². The maximum absolute atomic E-state index is 12.4. The summed E-state index contributed by atoms with van der Waals surface area (Å²) in [5, 5.41) is 67.6. The van der Waals surface area contributed by atoms with E-state index in [4.69, 9.17) is 36.5 Å². The first-order chi connectivity index (χ1) is 54.7. The molecule has 114 heavy (non-hydrogen) atoms. The Labute approximate surface area is 663 Å². The average Bonchev–Trinajstić information content (AvgIpc) is 0.761. The maximum Gasteiger partial charge on any atom is 0.346 e. The number of hydrogen-bond donors (Lipinski definition) is 13. The van der Waals surface area contributed by atoms with Gasteiger partial charge in [0.25, 0.3) is 47.3 Å². The van der Waals surface area contributed by atoms with Crippen LogP contribution in [0.4, 0.5) is 17.1 Å². The number of nitrogens with zero attached hydrogens (tertiary/aromatic N) is 7. The number of rotatable bonds is 15. The van der Waals surface area contributed by atoms with Crippen molar-refractivity contribution < 1.29 is 97.7 Å². The molecule has 0 atom stereocenters. The highest BCUT2D eigenvalue weighted by Crippen LogP contribution is 2.39. The number of aliphatic hydroxyl groups excluding tert-OH is 6. The van der Waals surface area contributed by atoms with Gasteiger partial charge in [-0.2, -0.15) is 10.2 Å². The van der Waals surface area contributed by atoms with Gasteiger partial charge in [0.05, 0.1) is 85.8 Å². The molecule has 0 spiro atoms. The summed E-state index contributed by atoms with van der Waals surface area (Å²) >= 11 is 6.83. The molecule has 5 aliphatic heterocycles. The molecule has 0 bridgehead atoms. The fourth-order valence-electron chi connectivity index (χ4n) is 11.9. The van der Waals surface area contributed by atoms with Crippen molar-refractivity contribution in [2.75, 3.05) is 84.1 Å². The first kappa shape index (κ1) is 86.8. The third-order valence-electron chi connectivity index (χ3n) is 18.0. The van der Waals surface area contributed by atoms with Crippen LogP contribution in [0.5, 0.6) is 0 Å². The first-order valence-corrected chi connectivity index (χ1v) is 35.1. The van der Waals surface area contributed by atoms with E-state index >= 15 is 0 Å². The zero-order valence-corrected chi connectivity index (χ0v) is 63.9. The van der Waals surface area contributed by atoms with Gasteiger partial charge >= 0.3 is 11.9 Å². The molecule has 5 aliphatic rings. The zero-order valence-electron chi connectivity index (χ0n) is 60.7. The van der Waals surface area contributed by atoms with Gasteiger partial charge < -0.3 is 46.5 Å². The lowest BCUT2D eigenvalue weighted by molar-refractivity contribution is -0.122. The van der Waals surface area contributed by atoms with Crippen molar-refractivity contribution in [3.05, 3.63) is 216 Å². The van der Waals surface area contributed by atoms with Crippen LogP contribution in [0.1, 0.15) is 104 Å². The summed E-state index contributed by atoms with van der Waals surface area (Å²) in [4.78, 5) is 157. The number of imide groups is 4. The third kappa shape index (κ3) is 17.6. The number of hydrogen-bond acceptors (Lipinski definition) is 30. The Bertz CT molecular complexity index is 5500. The number of aliphatic hydroxyl groups is 6. The smallest absolute Gasteiger partial charge is 0.346 e. The highest BCUT2D eigenvalue weighted by atomic mass is 79.9. The average molecular weight is 1690 g/mol. The number of nitrogen functional groups attached to an aromatic ring is 1. The number of hydrazone groups is 2. The topological polar surface area (TPSA) is 543 Å². The van der Waals surface area contributed by atoms with Crippen molar-refractivity contribution in [3.63, 3.8) is 0 Å². The quantitative estimate of drug-likeness (QED) is 0.00951. The van der Waals surface area contributed by atoms with Gasteiger partial charge in [-0.3, -0.25) is 106 Å². The number of nitrogens with one attached hydrogen (secondary N) is 3. The largest absolute Gasteiger partial charge is 0.394 e. The van der Waals surface area contributed by atoms with Crippen molar-refractivity contribution in [1.29, 1.82) is 0 Å². The number of carbonyl (C=O) groups is 13. The molecule has 17 N–H and O–H groups in total. The van der Waals surface area contributed by atoms with E-state index in [0.717, 1.165) is 56.3 Å². The number of benzene rings is 10. The number of amides is 8. The van der Waals surface area contributed by atoms with Crippen molar-refractivity contribution in [3.8, 4) is 0 Å². The van der Waals surface area contributed by atoms with Gasteiger partial charge in [-0.15, -0.1) is 0 Å². The minimum Gasteiger partial charge on any atom is -0.394 e. The van der Waals surface area contributed by atoms with Crippen LogP contribution in [-0.4, -0.2) is 226 Å². The summed E-state index contributed by atoms with van der Waals surface area (Å²) in [5.41, 5.74) is 17.6. The predicted octanol–water partition coefficient (Wildman–Crippen LogP) is 4.87. The van der Waals surface area contributed by atoms with Gasteiger partial charge in [0.1, 0.15) is 5.54 Å². The Kier molecular flexibility index (Phi) is 29.2. The molecule has 10 aromatic carbocycles. The van der Waals surface area contributed by atoms with Gasteiger partial charge in [0.2, 0.25) is 0 Å². The molecule has 10 aromatic rings. The molecular weight excluding hydrogens is 1610 g/mol. The zero-order chi connectivity index (χ0) is 83.6. The predicted molar refractivity (Wildman–Crippen MR) is 430 cm³/mol. The Morgan fingerprint density at radius 3 is 0.956 bits per heavy atom. The van der Waals surface area contributed by atoms with E-state index in [1.165, 1.54) is 40.6 Å². The summed E-state index contributed by atoms with van der Waals surface area (Å²) in [6.07, 6.45) is 4.58. The van der Waals surface area contributed by atoms with E-state index in [1.54, 1.807) is 121 Å². The van der Waals surface area contributed by atoms with E-state index in [-0.39, 0.29) is 59.8 Å². The van der Waals surface area contributed by atoms with Crippen LogP contribution in [-0.2, 0) is 19.1 Å². The van der Waals surface area contributed by atoms with Crippen LogP contribution < -0.4 is 39.5 Å². The number of cyclic esters (lactones) is 2. The normalized spacial score (nSPS) is 13.6. The minimum atomic E-state index is -1.36. The van der Waals surface area contributed by atoms with Gasteiger partial charge in [-0.25, -0.2) is 9.59 Å². The molecule has 36 heteroatoms. The molecule has 34 nitrogen and oxygen atoms in total. The molecule has 0 saturated carbocycles. The SMILES string of the molecule is CN1C(=O)c2cccc3c(Br)ccc(c23)C1=O.CN1C(=O)c2cccc3c(N/N=C\C=O)ccc(c23)C1=O.CN1C(=O)c2cccc3c(NN)ccc(c23)C1=O.CN1C(=O)c2cccc3c(NN=CC=NC(CO)(CO)CO)ccc(c23)C1=O.NC(CO)(CO)CO.NN.O=C1OC(=O)c2ccc(Br)c3cccc1c23.O=CC=O. The summed E-state index contributed by atoms with van der Waals surface area (Å²) in [5.74, 6) is 9.85. The molecule has 0 unspecified atom stereocenters. The van der Waals surface area contributed by atoms with E-state index < -0.39 is 62.7 Å². The standard InChI is InChI=1S/C19H20N4O5.C15H11N3O3.C13H8BrNO2.C13H11N3O2.C12H5BrO3.C4H11NO3.C2H2O2.H4N2/c1-23-17(27)13-4-2-3-12-15(6-5-14(16(12)13)18(23)28)22-21-8-7-20-19(9-24,10-25)11-26;1-18-14(20)10-4-2-3-9-12(17-16-7-8-19)6-5-11(13(9)10)15(18)21;1-15-12(16)8-4-2-3-7-10(14)6-5-9(11(7)8)13(15)17;1-16-12(17)8-4-2-3-7-10(15-14)6-5-9(11(7)8)13(16)18;13-9-5-4-8-10-6(9)2-1-3-7(10)11(14)16-12(8)15;5-4(1-6,2-7)3-8;3-1-2-4;1-2/h2-8,22,24-26H,9-11H2,1H3;2-8,17H,1H3;2-6H,1H3;2-6,15H,14H2,1H3;1-5H;6-8H,1-3,5H2;1-2H;1-2H2/b;16-7-;;;;;;. The second-order valence-corrected chi connectivity index (χ2v) is 26.5. The maximum atomic E-state index is 12.4. The molecule has 0 saturated heterocycles. The number of ether oxygens (including phenoxy) is 1. The fraction of sp³-hybridized carbons (Fsp3) is 0.154. The summed E-state index contributed by atoms with van der Waals surface area (Å²) < 4.78 is 6.40. The molecule has 15 rings (SSSR count). The van der Waals surface area contributed by atoms with Crippen LogP contribution in [0.15, 0.2) is 176 Å². The molecule has 8 amide bonds. The molecule has 588 valence electrons. The molecule has 5 heterocycles. The number of esters is 2. The van der Waals surface area contributed by atoms with E-state index in [0.29, 0.717) is 111 Å². The minimum absolute atomic E-state index is 0.194. The summed E-state index contributed by atoms with van der Waals surface area (Å²) in [6.45, 7) is -2.74. The lowest BCUT2D eigenvalue weighted by Crippen LogP contribution is -2.50. The number of anilines is 3. The van der Waals surface area contributed by atoms with Crippen molar-refractivity contribution in [2.45, 2.75) is 11.1 Å². The highest BCUT2D eigenvalue weighted by Gasteiger charge is 2.36. The van der Waals surface area contributed by atoms with Gasteiger partial charge in [-0.05, 0) is 102 Å². The Hall–Kier alpha value is -12.8. The van der Waals surface area contributed by atoms with Crippen molar-refractivity contribution >= 4 is 199 Å². The molecule has 0 radical (unpaired) electrons. The van der Waals surface area contributed by atoms with Crippen molar-refractivity contribution in [1.82, 2.24) is 19.6 Å². The summed E-state index contributed by atoms with van der Waals surface area (Å²) in [6, 6.07) is 43.7. The monoisotopic (exact) mass is 1680 g/mol. The molecule has 0 aliphatic carbocycles. The number of aliphatic imine (C=N–C) groups is 1. The van der Waals surface area contributed by atoms with Crippen LogP contribution >= 0.6 is 31.9 Å². The second kappa shape index (κ2) is 38.4. The molecular formula is C78H72Br2N14O20. The fourth-order valence-corrected chi connectivity index (χ4v) is 12.9. The van der Waals surface area contributed by atoms with Gasteiger partial charge in [-0.1, -0.05) is 92.5 Å². The van der Waals surface area contributed by atoms with Crippen LogP contribution in [0.3, 0.4) is 0 Å². The van der Waals surface area contributed by atoms with E-state index in [2.05, 4.69) is 79.8 Å². The summed E-state index contributed by atoms with van der Waals surface area (Å²) in [7, 11) is 5.91. The number of nitrogens with two attached hydrogens (primary N) is 4. The first-order valence-electron chi connectivity index (χ1n) is 33.5. The Morgan fingerprint density at radius 2 is 0.640 bits per heavy atom. The third-order valence-corrected chi connectivity index (χ3v) is 19.4. The Balaban J connectivity index is 0.000000173. The lowest BCUT2D eigenvalue weighted by atomic mass is 9.93. The molecule has 0 aromatic heterocycles. The van der Waals surface area contributed by atoms with E-state index in [9.17, 15) is 68.1 Å². The van der Waals surface area contributed by atoms with Gasteiger partial charge in [0, 0.05) is 131 Å². The van der Waals surface area contributed by atoms with Crippen LogP contribution in [0, 0.1) is 0 Å². The van der Waals surface area contributed by atoms with Crippen molar-refractivity contribution in [2.24, 2.45) is 38.5 Å². The number of aldehydes is 3. The number of halogens is 2. The highest BCUT2D eigenvalue weighted by molar-refractivity contribution is 9.11. The lowest BCUT2D eigenvalue weighted by Gasteiger charge is -2.24. The molecule has 0 fully saturated rings. The van der Waals surface area contributed by atoms with Crippen LogP contribution in [0.2, 0.25) is 0 Å². The Morgan fingerprint density at radius 1 is 0.368 bits per heavy atom.